The highest BCUT2D eigenvalue weighted by Crippen LogP contribution is 2.38. The molecular formula is C70H140N12. The van der Waals surface area contributed by atoms with Crippen LogP contribution in [0.25, 0.3) is 0 Å². The van der Waals surface area contributed by atoms with Crippen molar-refractivity contribution in [2.45, 2.75) is 363 Å². The molecule has 14 heterocycles. The molecule has 0 radical (unpaired) electrons. The average Bonchev–Trinajstić information content (AvgIpc) is 4.31. The molecule has 12 atom stereocenters. The summed E-state index contributed by atoms with van der Waals surface area (Å²) in [4.78, 5) is 32.2. The Morgan fingerprint density at radius 3 is 0.841 bits per heavy atom. The second kappa shape index (κ2) is 30.4. The van der Waals surface area contributed by atoms with Gasteiger partial charge in [-0.1, -0.05) is 0 Å². The van der Waals surface area contributed by atoms with Gasteiger partial charge in [-0.05, 0) is 230 Å². The number of rotatable bonds is 12. The van der Waals surface area contributed by atoms with Crippen molar-refractivity contribution in [3.63, 3.8) is 0 Å². The van der Waals surface area contributed by atoms with Gasteiger partial charge in [0.15, 0.2) is 0 Å². The van der Waals surface area contributed by atoms with E-state index >= 15 is 0 Å². The predicted molar refractivity (Wildman–Crippen MR) is 354 cm³/mol. The molecular weight excluding hydrogens is 1010 g/mol. The number of piperazine rings is 4. The van der Waals surface area contributed by atoms with Gasteiger partial charge in [-0.2, -0.15) is 0 Å². The van der Waals surface area contributed by atoms with Gasteiger partial charge in [0.1, 0.15) is 0 Å². The lowest BCUT2D eigenvalue weighted by molar-refractivity contribution is -0.0955. The summed E-state index contributed by atoms with van der Waals surface area (Å²) < 4.78 is 0. The summed E-state index contributed by atoms with van der Waals surface area (Å²) in [5, 5.41) is 0. The molecule has 480 valence electrons. The summed E-state index contributed by atoms with van der Waals surface area (Å²) in [5.74, 6) is 0.943. The van der Waals surface area contributed by atoms with Crippen LogP contribution in [0.1, 0.15) is 224 Å². The first-order valence-corrected chi connectivity index (χ1v) is 35.6. The van der Waals surface area contributed by atoms with E-state index in [-0.39, 0.29) is 0 Å². The molecule has 14 aliphatic rings. The van der Waals surface area contributed by atoms with E-state index in [1.807, 2.05) is 0 Å². The van der Waals surface area contributed by atoms with Crippen LogP contribution in [-0.4, -0.2) is 283 Å². The molecule has 0 aromatic heterocycles. The predicted octanol–water partition coefficient (Wildman–Crippen LogP) is 10.8. The molecule has 14 aliphatic heterocycles. The Kier molecular flexibility index (Phi) is 25.5. The number of likely N-dealkylation sites (tertiary alicyclic amines) is 7. The van der Waals surface area contributed by atoms with Crippen molar-refractivity contribution in [1.82, 2.24) is 58.8 Å². The lowest BCUT2D eigenvalue weighted by Gasteiger charge is -2.59. The number of fused-ring (bicyclic) bond motifs is 13. The number of nitrogens with zero attached hydrogens (tertiary/aromatic N) is 12. The quantitative estimate of drug-likeness (QED) is 0.187. The largest absolute Gasteiger partial charge is 0.299 e. The molecule has 14 rings (SSSR count). The third kappa shape index (κ3) is 16.9. The molecule has 82 heavy (non-hydrogen) atoms. The SMILES string of the molecule is CC(C)N1CC2CC(C1)N(C(C)C)C2.CC(C)N1CC2CC(C1)N2C(C)C.CC(C)N1CC2CC1CN2C(C)C.CC(C)N1CC2CCC(C1)N2C(C)C.CC(C)N1CC2CCC1CN2C(C)C.CC(C)N1CCC2CC1CN2C(C)C. The molecule has 12 bridgehead atoms. The van der Waals surface area contributed by atoms with Gasteiger partial charge in [-0.25, -0.2) is 0 Å². The third-order valence-corrected chi connectivity index (χ3v) is 22.9. The monoisotopic (exact) mass is 1150 g/mol. The van der Waals surface area contributed by atoms with E-state index in [9.17, 15) is 0 Å². The Hall–Kier alpha value is -0.480. The topological polar surface area (TPSA) is 38.9 Å². The van der Waals surface area contributed by atoms with E-state index in [2.05, 4.69) is 225 Å². The maximum absolute atomic E-state index is 2.75. The molecule has 12 heteroatoms. The fourth-order valence-corrected chi connectivity index (χ4v) is 18.6. The summed E-state index contributed by atoms with van der Waals surface area (Å²) in [6.45, 7) is 72.9. The van der Waals surface area contributed by atoms with Crippen LogP contribution in [0.2, 0.25) is 0 Å². The van der Waals surface area contributed by atoms with Crippen molar-refractivity contribution in [3.8, 4) is 0 Å². The molecule has 0 spiro atoms. The van der Waals surface area contributed by atoms with Gasteiger partial charge in [0, 0.05) is 224 Å². The van der Waals surface area contributed by atoms with E-state index in [0.29, 0.717) is 0 Å². The Balaban J connectivity index is 0.000000142. The second-order valence-electron chi connectivity index (χ2n) is 32.2. The zero-order valence-corrected chi connectivity index (χ0v) is 58.8. The van der Waals surface area contributed by atoms with Crippen LogP contribution in [-0.2, 0) is 0 Å². The number of piperidine rings is 5. The summed E-state index contributed by atoms with van der Waals surface area (Å²) in [5.41, 5.74) is 0. The maximum atomic E-state index is 2.75. The summed E-state index contributed by atoms with van der Waals surface area (Å²) in [7, 11) is 0. The molecule has 0 aromatic rings. The van der Waals surface area contributed by atoms with Crippen LogP contribution in [0.3, 0.4) is 0 Å². The molecule has 0 amide bonds. The lowest BCUT2D eigenvalue weighted by Crippen LogP contribution is -2.71. The van der Waals surface area contributed by atoms with Crippen LogP contribution in [0.15, 0.2) is 0 Å². The molecule has 12 nitrogen and oxygen atoms in total. The first-order chi connectivity index (χ1) is 38.5. The highest BCUT2D eigenvalue weighted by Gasteiger charge is 2.48. The Bertz CT molecular complexity index is 1710. The van der Waals surface area contributed by atoms with Gasteiger partial charge in [-0.15, -0.1) is 0 Å². The van der Waals surface area contributed by atoms with E-state index in [4.69, 9.17) is 0 Å². The van der Waals surface area contributed by atoms with Crippen molar-refractivity contribution in [1.29, 1.82) is 0 Å². The molecule has 12 unspecified atom stereocenters. The van der Waals surface area contributed by atoms with E-state index < -0.39 is 0 Å². The Labute approximate surface area is 510 Å². The fraction of sp³-hybridized carbons (Fsp3) is 1.00. The van der Waals surface area contributed by atoms with Gasteiger partial charge in [0.25, 0.3) is 0 Å². The van der Waals surface area contributed by atoms with Crippen LogP contribution in [0.4, 0.5) is 0 Å². The van der Waals surface area contributed by atoms with Gasteiger partial charge in [-0.3, -0.25) is 58.8 Å². The average molecular weight is 1150 g/mol. The normalized spacial score (nSPS) is 35.0. The van der Waals surface area contributed by atoms with E-state index in [0.717, 1.165) is 145 Å². The van der Waals surface area contributed by atoms with Crippen molar-refractivity contribution >= 4 is 0 Å². The van der Waals surface area contributed by atoms with Crippen LogP contribution < -0.4 is 0 Å². The number of hydrogen-bond donors (Lipinski definition) is 0. The maximum Gasteiger partial charge on any atom is 0.0244 e. The summed E-state index contributed by atoms with van der Waals surface area (Å²) in [6, 6.07) is 18.2. The van der Waals surface area contributed by atoms with Crippen molar-refractivity contribution in [2.75, 3.05) is 85.1 Å². The fourth-order valence-electron chi connectivity index (χ4n) is 18.6. The van der Waals surface area contributed by atoms with Crippen LogP contribution in [0.5, 0.6) is 0 Å². The smallest absolute Gasteiger partial charge is 0.0244 e. The van der Waals surface area contributed by atoms with Gasteiger partial charge >= 0.3 is 0 Å². The molecule has 14 fully saturated rings. The first kappa shape index (κ1) is 69.0. The minimum atomic E-state index is 0.729. The molecule has 0 aliphatic carbocycles. The lowest BCUT2D eigenvalue weighted by atomic mass is 9.85. The van der Waals surface area contributed by atoms with Crippen LogP contribution >= 0.6 is 0 Å². The van der Waals surface area contributed by atoms with Crippen molar-refractivity contribution in [3.05, 3.63) is 0 Å². The molecule has 0 N–H and O–H groups in total. The Morgan fingerprint density at radius 2 is 0.463 bits per heavy atom. The summed E-state index contributed by atoms with van der Waals surface area (Å²) in [6.07, 6.45) is 12.8. The third-order valence-electron chi connectivity index (χ3n) is 22.9. The number of hydrogen-bond acceptors (Lipinski definition) is 12. The summed E-state index contributed by atoms with van der Waals surface area (Å²) >= 11 is 0. The van der Waals surface area contributed by atoms with Crippen molar-refractivity contribution < 1.29 is 0 Å². The minimum Gasteiger partial charge on any atom is -0.299 e. The van der Waals surface area contributed by atoms with E-state index in [1.165, 1.54) is 143 Å². The molecule has 0 aromatic carbocycles. The van der Waals surface area contributed by atoms with E-state index in [1.54, 1.807) is 0 Å². The van der Waals surface area contributed by atoms with Gasteiger partial charge in [0.2, 0.25) is 0 Å². The molecule has 14 saturated heterocycles. The highest BCUT2D eigenvalue weighted by atomic mass is 15.4. The van der Waals surface area contributed by atoms with Gasteiger partial charge < -0.3 is 0 Å². The minimum absolute atomic E-state index is 0.729. The zero-order valence-electron chi connectivity index (χ0n) is 58.8. The Morgan fingerprint density at radius 1 is 0.195 bits per heavy atom. The first-order valence-electron chi connectivity index (χ1n) is 35.6. The zero-order chi connectivity index (χ0) is 60.3. The molecule has 0 saturated carbocycles. The highest BCUT2D eigenvalue weighted by molar-refractivity contribution is 5.05. The van der Waals surface area contributed by atoms with Crippen molar-refractivity contribution in [2.24, 2.45) is 5.92 Å². The standard InChI is InChI=1S/4C12H24N2.2C11H22N2/c1-9(2)13-6-11-5-12(8-13)14(7-11)10(3)4;1-9(2)13-7-12-6-5-11(13)8-14(12)10(3)4;1-9(2)13-6-5-11-7-12(13)8-14(11)10(3)4;1-9(2)13-7-11-5-6-12(8-13)14(11)10(3)4;1-8(2)12-6-11-5-10(12)7-13(11)9(3)4;1-8(2)12-6-10-5-11(7-12)13(10)9(3)4/h4*9-12H,5-8H2,1-4H3;2*8-11H,5-7H2,1-4H3. The second-order valence-corrected chi connectivity index (χ2v) is 32.2. The van der Waals surface area contributed by atoms with Gasteiger partial charge in [0.05, 0.1) is 0 Å². The van der Waals surface area contributed by atoms with Crippen LogP contribution in [0, 0.1) is 5.92 Å².